The van der Waals surface area contributed by atoms with E-state index in [1.165, 1.54) is 0 Å². The maximum absolute atomic E-state index is 11.8. The smallest absolute Gasteiger partial charge is 0.263 e. The molecule has 1 aliphatic carbocycles. The van der Waals surface area contributed by atoms with E-state index in [0.717, 1.165) is 25.7 Å². The number of rotatable bonds is 4. The van der Waals surface area contributed by atoms with Crippen LogP contribution in [0, 0.1) is 5.92 Å². The molecular formula is C8H13F3O3S. The van der Waals surface area contributed by atoms with Crippen LogP contribution in [0.5, 0.6) is 0 Å². The third-order valence-electron chi connectivity index (χ3n) is 2.52. The topological polar surface area (TPSA) is 43.4 Å². The Bertz CT molecular complexity index is 291. The fourth-order valence-electron chi connectivity index (χ4n) is 1.69. The largest absolute Gasteiger partial charge is 0.523 e. The number of halogens is 3. The van der Waals surface area contributed by atoms with Gasteiger partial charge in [-0.2, -0.15) is 21.6 Å². The molecule has 0 radical (unpaired) electrons. The summed E-state index contributed by atoms with van der Waals surface area (Å²) < 4.78 is 60.3. The van der Waals surface area contributed by atoms with Crippen LogP contribution in [-0.2, 0) is 14.3 Å². The van der Waals surface area contributed by atoms with Gasteiger partial charge in [-0.1, -0.05) is 25.7 Å². The summed E-state index contributed by atoms with van der Waals surface area (Å²) in [6, 6.07) is 0. The first-order valence-corrected chi connectivity index (χ1v) is 6.19. The van der Waals surface area contributed by atoms with Crippen molar-refractivity contribution in [2.45, 2.75) is 37.6 Å². The van der Waals surface area contributed by atoms with Gasteiger partial charge in [-0.15, -0.1) is 0 Å². The van der Waals surface area contributed by atoms with E-state index in [0.29, 0.717) is 12.3 Å². The molecule has 1 aliphatic rings. The van der Waals surface area contributed by atoms with Crippen molar-refractivity contribution < 1.29 is 25.8 Å². The van der Waals surface area contributed by atoms with Crippen molar-refractivity contribution in [3.05, 3.63) is 0 Å². The molecule has 0 saturated heterocycles. The summed E-state index contributed by atoms with van der Waals surface area (Å²) in [7, 11) is -5.39. The average Bonchev–Trinajstić information content (AvgIpc) is 2.54. The molecule has 7 heteroatoms. The number of hydrogen-bond donors (Lipinski definition) is 0. The van der Waals surface area contributed by atoms with Crippen LogP contribution < -0.4 is 0 Å². The zero-order chi connectivity index (χ0) is 11.5. The summed E-state index contributed by atoms with van der Waals surface area (Å²) in [5, 5.41) is 0. The summed E-state index contributed by atoms with van der Waals surface area (Å²) in [5.41, 5.74) is -5.30. The quantitative estimate of drug-likeness (QED) is 0.565. The van der Waals surface area contributed by atoms with E-state index in [9.17, 15) is 21.6 Å². The van der Waals surface area contributed by atoms with Gasteiger partial charge in [0.1, 0.15) is 0 Å². The van der Waals surface area contributed by atoms with Crippen LogP contribution in [0.1, 0.15) is 32.1 Å². The first kappa shape index (κ1) is 12.8. The second-order valence-electron chi connectivity index (χ2n) is 3.66. The van der Waals surface area contributed by atoms with Crippen molar-refractivity contribution in [3.63, 3.8) is 0 Å². The lowest BCUT2D eigenvalue weighted by atomic mass is 10.1. The zero-order valence-corrected chi connectivity index (χ0v) is 8.90. The van der Waals surface area contributed by atoms with Crippen LogP contribution in [0.25, 0.3) is 0 Å². The molecule has 1 fully saturated rings. The van der Waals surface area contributed by atoms with Gasteiger partial charge in [0.05, 0.1) is 6.61 Å². The minimum atomic E-state index is -5.39. The Morgan fingerprint density at radius 3 is 2.20 bits per heavy atom. The molecule has 0 N–H and O–H groups in total. The second-order valence-corrected chi connectivity index (χ2v) is 5.27. The molecule has 0 bridgehead atoms. The van der Waals surface area contributed by atoms with Crippen molar-refractivity contribution in [2.75, 3.05) is 6.61 Å². The molecular weight excluding hydrogens is 233 g/mol. The highest BCUT2D eigenvalue weighted by molar-refractivity contribution is 7.87. The van der Waals surface area contributed by atoms with E-state index < -0.39 is 15.6 Å². The maximum Gasteiger partial charge on any atom is 0.523 e. The molecule has 0 amide bonds. The summed E-state index contributed by atoms with van der Waals surface area (Å²) in [6.07, 6.45) is 4.42. The van der Waals surface area contributed by atoms with Crippen LogP contribution in [0.15, 0.2) is 0 Å². The van der Waals surface area contributed by atoms with E-state index in [4.69, 9.17) is 0 Å². The Hall–Kier alpha value is -0.300. The lowest BCUT2D eigenvalue weighted by Crippen LogP contribution is -2.26. The van der Waals surface area contributed by atoms with Gasteiger partial charge in [-0.05, 0) is 12.3 Å². The summed E-state index contributed by atoms with van der Waals surface area (Å²) >= 11 is 0. The van der Waals surface area contributed by atoms with Crippen LogP contribution >= 0.6 is 0 Å². The normalized spacial score (nSPS) is 19.7. The lowest BCUT2D eigenvalue weighted by molar-refractivity contribution is -0.0544. The van der Waals surface area contributed by atoms with E-state index in [-0.39, 0.29) is 6.61 Å². The van der Waals surface area contributed by atoms with Crippen LogP contribution in [0.3, 0.4) is 0 Å². The summed E-state index contributed by atoms with van der Waals surface area (Å²) in [5.74, 6) is 0.313. The third-order valence-corrected chi connectivity index (χ3v) is 3.57. The minimum Gasteiger partial charge on any atom is -0.263 e. The van der Waals surface area contributed by atoms with Gasteiger partial charge in [0.25, 0.3) is 0 Å². The van der Waals surface area contributed by atoms with Crippen LogP contribution in [0.4, 0.5) is 13.2 Å². The van der Waals surface area contributed by atoms with E-state index >= 15 is 0 Å². The Balaban J connectivity index is 2.30. The molecule has 0 aliphatic heterocycles. The monoisotopic (exact) mass is 246 g/mol. The van der Waals surface area contributed by atoms with Gasteiger partial charge >= 0.3 is 15.6 Å². The zero-order valence-electron chi connectivity index (χ0n) is 8.09. The van der Waals surface area contributed by atoms with E-state index in [1.54, 1.807) is 0 Å². The number of hydrogen-bond acceptors (Lipinski definition) is 3. The standard InChI is InChI=1S/C8H13F3O3S/c9-8(10,11)15(12,13)14-6-5-7-3-1-2-4-7/h7H,1-6H2. The fourth-order valence-corrected chi connectivity index (χ4v) is 2.14. The summed E-state index contributed by atoms with van der Waals surface area (Å²) in [6.45, 7) is -0.369. The molecule has 3 nitrogen and oxygen atoms in total. The van der Waals surface area contributed by atoms with Crippen molar-refractivity contribution in [1.29, 1.82) is 0 Å². The van der Waals surface area contributed by atoms with Crippen molar-refractivity contribution in [3.8, 4) is 0 Å². The molecule has 15 heavy (non-hydrogen) atoms. The first-order valence-electron chi connectivity index (χ1n) is 4.78. The van der Waals surface area contributed by atoms with Crippen LogP contribution in [0.2, 0.25) is 0 Å². The number of alkyl halides is 3. The Morgan fingerprint density at radius 1 is 1.20 bits per heavy atom. The molecule has 0 aromatic rings. The highest BCUT2D eigenvalue weighted by Crippen LogP contribution is 2.29. The van der Waals surface area contributed by atoms with E-state index in [2.05, 4.69) is 4.18 Å². The first-order chi connectivity index (χ1) is 6.83. The molecule has 0 aromatic heterocycles. The predicted octanol–water partition coefficient (Wildman–Crippen LogP) is 2.43. The minimum absolute atomic E-state index is 0.313. The van der Waals surface area contributed by atoms with Gasteiger partial charge in [-0.25, -0.2) is 0 Å². The fraction of sp³-hybridized carbons (Fsp3) is 1.00. The van der Waals surface area contributed by atoms with Crippen molar-refractivity contribution in [1.82, 2.24) is 0 Å². The maximum atomic E-state index is 11.8. The van der Waals surface area contributed by atoms with Crippen molar-refractivity contribution >= 4 is 10.1 Å². The van der Waals surface area contributed by atoms with Gasteiger partial charge < -0.3 is 0 Å². The molecule has 0 unspecified atom stereocenters. The lowest BCUT2D eigenvalue weighted by Gasteiger charge is -2.10. The molecule has 0 heterocycles. The highest BCUT2D eigenvalue weighted by Gasteiger charge is 2.47. The molecule has 1 rings (SSSR count). The molecule has 0 spiro atoms. The van der Waals surface area contributed by atoms with Gasteiger partial charge in [0, 0.05) is 0 Å². The van der Waals surface area contributed by atoms with Crippen LogP contribution in [-0.4, -0.2) is 20.5 Å². The van der Waals surface area contributed by atoms with Gasteiger partial charge in [0.15, 0.2) is 0 Å². The Morgan fingerprint density at radius 2 is 1.73 bits per heavy atom. The highest BCUT2D eigenvalue weighted by atomic mass is 32.2. The predicted molar refractivity (Wildman–Crippen MR) is 47.5 cm³/mol. The SMILES string of the molecule is O=S(=O)(OCCC1CCCC1)C(F)(F)F. The van der Waals surface area contributed by atoms with E-state index in [1.807, 2.05) is 0 Å². The average molecular weight is 246 g/mol. The second kappa shape index (κ2) is 4.69. The molecule has 0 atom stereocenters. The molecule has 0 aromatic carbocycles. The van der Waals surface area contributed by atoms with Gasteiger partial charge in [-0.3, -0.25) is 4.18 Å². The van der Waals surface area contributed by atoms with Crippen molar-refractivity contribution in [2.24, 2.45) is 5.92 Å². The third kappa shape index (κ3) is 3.64. The molecule has 1 saturated carbocycles. The molecule has 90 valence electrons. The Kier molecular flexibility index (Phi) is 3.99. The Labute approximate surface area is 86.7 Å². The van der Waals surface area contributed by atoms with Gasteiger partial charge in [0.2, 0.25) is 0 Å². The summed E-state index contributed by atoms with van der Waals surface area (Å²) in [4.78, 5) is 0.